The van der Waals surface area contributed by atoms with Gasteiger partial charge in [0.05, 0.1) is 13.2 Å². The molecule has 92 valence electrons. The molecule has 1 aromatic carbocycles. The van der Waals surface area contributed by atoms with Gasteiger partial charge in [0.15, 0.2) is 0 Å². The molecule has 0 aliphatic carbocycles. The third kappa shape index (κ3) is 2.84. The molecule has 2 atom stereocenters. The highest BCUT2D eigenvalue weighted by molar-refractivity contribution is 5.76. The molecule has 1 fully saturated rings. The number of aliphatic hydroxyl groups is 1. The van der Waals surface area contributed by atoms with Crippen LogP contribution in [0, 0.1) is 0 Å². The molecule has 0 radical (unpaired) electrons. The van der Waals surface area contributed by atoms with Crippen LogP contribution in [0.4, 0.5) is 0 Å². The Balaban J connectivity index is 2.06. The fraction of sp³-hybridized carbons (Fsp3) is 0.462. The van der Waals surface area contributed by atoms with Crippen LogP contribution in [-0.2, 0) is 16.1 Å². The summed E-state index contributed by atoms with van der Waals surface area (Å²) in [5, 5.41) is 9.64. The van der Waals surface area contributed by atoms with Crippen LogP contribution in [0.15, 0.2) is 30.3 Å². The van der Waals surface area contributed by atoms with Crippen molar-refractivity contribution in [3.63, 3.8) is 0 Å². The molecule has 0 unspecified atom stereocenters. The van der Waals surface area contributed by atoms with Crippen LogP contribution < -0.4 is 0 Å². The van der Waals surface area contributed by atoms with Crippen molar-refractivity contribution in [2.24, 2.45) is 0 Å². The Morgan fingerprint density at radius 3 is 2.82 bits per heavy atom. The molecule has 0 amide bonds. The topological polar surface area (TPSA) is 49.8 Å². The van der Waals surface area contributed by atoms with Gasteiger partial charge in [-0.05, 0) is 5.56 Å². The number of benzene rings is 1. The van der Waals surface area contributed by atoms with Crippen LogP contribution in [0.5, 0.6) is 0 Å². The standard InChI is InChI=1S/C13H17NO3/c1-17-13(16)12-7-11(15)9-14(12)8-10-5-3-2-4-6-10/h2-6,11-12,15H,7-9H2,1H3/t11-,12+/m0/s1. The molecule has 17 heavy (non-hydrogen) atoms. The Kier molecular flexibility index (Phi) is 3.76. The van der Waals surface area contributed by atoms with E-state index in [1.807, 2.05) is 35.2 Å². The summed E-state index contributed by atoms with van der Waals surface area (Å²) in [6.45, 7) is 1.19. The van der Waals surface area contributed by atoms with E-state index in [0.29, 0.717) is 19.5 Å². The number of carbonyl (C=O) groups excluding carboxylic acids is 1. The van der Waals surface area contributed by atoms with Crippen LogP contribution in [0.25, 0.3) is 0 Å². The second-order valence-electron chi connectivity index (χ2n) is 4.34. The van der Waals surface area contributed by atoms with Crippen molar-refractivity contribution < 1.29 is 14.6 Å². The first-order valence-electron chi connectivity index (χ1n) is 5.74. The molecule has 0 aromatic heterocycles. The van der Waals surface area contributed by atoms with Crippen molar-refractivity contribution in [1.82, 2.24) is 4.90 Å². The Morgan fingerprint density at radius 2 is 2.18 bits per heavy atom. The SMILES string of the molecule is COC(=O)[C@H]1C[C@H](O)CN1Cc1ccccc1. The third-order valence-corrected chi connectivity index (χ3v) is 3.08. The molecular formula is C13H17NO3. The zero-order chi connectivity index (χ0) is 12.3. The highest BCUT2D eigenvalue weighted by atomic mass is 16.5. The molecule has 2 rings (SSSR count). The maximum atomic E-state index is 11.6. The summed E-state index contributed by atoms with van der Waals surface area (Å²) in [7, 11) is 1.38. The molecule has 1 aliphatic rings. The molecule has 4 nitrogen and oxygen atoms in total. The number of hydrogen-bond donors (Lipinski definition) is 1. The lowest BCUT2D eigenvalue weighted by Gasteiger charge is -2.21. The zero-order valence-corrected chi connectivity index (χ0v) is 9.87. The summed E-state index contributed by atoms with van der Waals surface area (Å²) in [5.41, 5.74) is 1.13. The third-order valence-electron chi connectivity index (χ3n) is 3.08. The first kappa shape index (κ1) is 12.1. The largest absolute Gasteiger partial charge is 0.468 e. The Labute approximate surface area is 101 Å². The van der Waals surface area contributed by atoms with Gasteiger partial charge in [-0.3, -0.25) is 9.69 Å². The fourth-order valence-electron chi connectivity index (χ4n) is 2.25. The maximum absolute atomic E-state index is 11.6. The number of β-amino-alcohol motifs (C(OH)–C–C–N with tert-alkyl or cyclic N) is 1. The van der Waals surface area contributed by atoms with E-state index >= 15 is 0 Å². The highest BCUT2D eigenvalue weighted by Gasteiger charge is 2.36. The van der Waals surface area contributed by atoms with Crippen molar-refractivity contribution in [2.75, 3.05) is 13.7 Å². The van der Waals surface area contributed by atoms with Crippen molar-refractivity contribution in [3.8, 4) is 0 Å². The first-order chi connectivity index (χ1) is 8.20. The molecule has 0 saturated carbocycles. The average molecular weight is 235 g/mol. The number of esters is 1. The first-order valence-corrected chi connectivity index (χ1v) is 5.74. The summed E-state index contributed by atoms with van der Waals surface area (Å²) in [6.07, 6.45) is 0.0160. The minimum atomic E-state index is -0.442. The van der Waals surface area contributed by atoms with Crippen LogP contribution in [0.1, 0.15) is 12.0 Å². The highest BCUT2D eigenvalue weighted by Crippen LogP contribution is 2.21. The monoisotopic (exact) mass is 235 g/mol. The van der Waals surface area contributed by atoms with Gasteiger partial charge in [0.2, 0.25) is 0 Å². The molecule has 0 spiro atoms. The molecule has 1 saturated heterocycles. The lowest BCUT2D eigenvalue weighted by atomic mass is 10.2. The quantitative estimate of drug-likeness (QED) is 0.787. The average Bonchev–Trinajstić information content (AvgIpc) is 2.70. The van der Waals surface area contributed by atoms with Gasteiger partial charge in [-0.2, -0.15) is 0 Å². The van der Waals surface area contributed by atoms with Crippen molar-refractivity contribution in [1.29, 1.82) is 0 Å². The lowest BCUT2D eigenvalue weighted by molar-refractivity contribution is -0.146. The predicted octanol–water partition coefficient (Wildman–Crippen LogP) is 0.795. The number of hydrogen-bond acceptors (Lipinski definition) is 4. The van der Waals surface area contributed by atoms with Crippen LogP contribution in [-0.4, -0.2) is 41.8 Å². The summed E-state index contributed by atoms with van der Waals surface area (Å²) < 4.78 is 4.76. The van der Waals surface area contributed by atoms with E-state index in [2.05, 4.69) is 0 Å². The van der Waals surface area contributed by atoms with E-state index in [0.717, 1.165) is 5.56 Å². The molecular weight excluding hydrogens is 218 g/mol. The van der Waals surface area contributed by atoms with E-state index in [9.17, 15) is 9.90 Å². The maximum Gasteiger partial charge on any atom is 0.323 e. The molecule has 1 aliphatic heterocycles. The van der Waals surface area contributed by atoms with Crippen LogP contribution >= 0.6 is 0 Å². The Morgan fingerprint density at radius 1 is 1.47 bits per heavy atom. The smallest absolute Gasteiger partial charge is 0.323 e. The predicted molar refractivity (Wildman–Crippen MR) is 63.3 cm³/mol. The van der Waals surface area contributed by atoms with E-state index in [1.54, 1.807) is 0 Å². The van der Waals surface area contributed by atoms with Gasteiger partial charge in [-0.1, -0.05) is 30.3 Å². The second-order valence-corrected chi connectivity index (χ2v) is 4.34. The number of likely N-dealkylation sites (tertiary alicyclic amines) is 1. The van der Waals surface area contributed by atoms with Crippen LogP contribution in [0.2, 0.25) is 0 Å². The minimum Gasteiger partial charge on any atom is -0.468 e. The number of carbonyl (C=O) groups is 1. The normalized spacial score (nSPS) is 24.8. The van der Waals surface area contributed by atoms with Gasteiger partial charge in [0.25, 0.3) is 0 Å². The number of rotatable bonds is 3. The number of ether oxygens (including phenoxy) is 1. The Bertz CT molecular complexity index is 380. The van der Waals surface area contributed by atoms with Gasteiger partial charge < -0.3 is 9.84 Å². The second kappa shape index (κ2) is 5.29. The fourth-order valence-corrected chi connectivity index (χ4v) is 2.25. The summed E-state index contributed by atoms with van der Waals surface area (Å²) in [5.74, 6) is -0.266. The summed E-state index contributed by atoms with van der Waals surface area (Å²) in [6, 6.07) is 9.59. The molecule has 1 heterocycles. The van der Waals surface area contributed by atoms with Crippen molar-refractivity contribution in [3.05, 3.63) is 35.9 Å². The summed E-state index contributed by atoms with van der Waals surface area (Å²) in [4.78, 5) is 13.5. The van der Waals surface area contributed by atoms with Crippen molar-refractivity contribution in [2.45, 2.75) is 25.1 Å². The number of nitrogens with zero attached hydrogens (tertiary/aromatic N) is 1. The van der Waals surface area contributed by atoms with E-state index in [-0.39, 0.29) is 12.0 Å². The summed E-state index contributed by atoms with van der Waals surface area (Å²) >= 11 is 0. The lowest BCUT2D eigenvalue weighted by Crippen LogP contribution is -2.36. The molecule has 0 bridgehead atoms. The number of aliphatic hydroxyl groups excluding tert-OH is 1. The van der Waals surface area contributed by atoms with E-state index in [4.69, 9.17) is 4.74 Å². The van der Waals surface area contributed by atoms with Gasteiger partial charge in [0, 0.05) is 19.5 Å². The molecule has 4 heteroatoms. The molecule has 1 aromatic rings. The van der Waals surface area contributed by atoms with E-state index < -0.39 is 6.10 Å². The minimum absolute atomic E-state index is 0.266. The van der Waals surface area contributed by atoms with E-state index in [1.165, 1.54) is 7.11 Å². The Hall–Kier alpha value is -1.39. The molecule has 1 N–H and O–H groups in total. The van der Waals surface area contributed by atoms with Gasteiger partial charge in [0.1, 0.15) is 6.04 Å². The van der Waals surface area contributed by atoms with Gasteiger partial charge in [-0.15, -0.1) is 0 Å². The van der Waals surface area contributed by atoms with Crippen LogP contribution in [0.3, 0.4) is 0 Å². The van der Waals surface area contributed by atoms with Gasteiger partial charge >= 0.3 is 5.97 Å². The zero-order valence-electron chi connectivity index (χ0n) is 9.87. The van der Waals surface area contributed by atoms with Crippen molar-refractivity contribution >= 4 is 5.97 Å². The number of methoxy groups -OCH3 is 1. The van der Waals surface area contributed by atoms with Gasteiger partial charge in [-0.25, -0.2) is 0 Å².